The van der Waals surface area contributed by atoms with E-state index in [1.807, 2.05) is 0 Å². The van der Waals surface area contributed by atoms with Crippen LogP contribution in [0.4, 0.5) is 0 Å². The van der Waals surface area contributed by atoms with Crippen LogP contribution in [0, 0.1) is 0 Å². The summed E-state index contributed by atoms with van der Waals surface area (Å²) < 4.78 is 0. The van der Waals surface area contributed by atoms with Crippen molar-refractivity contribution < 1.29 is 14.4 Å². The molecule has 0 aliphatic carbocycles. The predicted molar refractivity (Wildman–Crippen MR) is 145 cm³/mol. The monoisotopic (exact) mass is 499 g/mol. The third-order valence-corrected chi connectivity index (χ3v) is 8.68. The molecule has 0 radical (unpaired) electrons. The summed E-state index contributed by atoms with van der Waals surface area (Å²) >= 11 is 0. The minimum Gasteiger partial charge on any atom is -0.334 e. The molecule has 1 fully saturated rings. The lowest BCUT2D eigenvalue weighted by Crippen LogP contribution is -2.26. The number of amides is 1. The molecule has 1 rings (SSSR count). The number of hydrogen-bond acceptors (Lipinski definition) is 5. The standard InChI is InChI=1S/C27H49NO3S2/c1-3-4-5-6-7-9-12-15-18-23-32-33-24-19-16-13-10-8-11-14-17-20-27(30)31-28-25(2)21-22-26(28)29/h2-24H2,1H3. The molecule has 0 aromatic heterocycles. The fourth-order valence-electron chi connectivity index (χ4n) is 3.97. The van der Waals surface area contributed by atoms with Gasteiger partial charge in [0.2, 0.25) is 0 Å². The maximum Gasteiger partial charge on any atom is 0.333 e. The summed E-state index contributed by atoms with van der Waals surface area (Å²) in [6.07, 6.45) is 23.7. The number of nitrogens with zero attached hydrogens (tertiary/aromatic N) is 1. The minimum atomic E-state index is -0.320. The maximum atomic E-state index is 11.8. The largest absolute Gasteiger partial charge is 0.334 e. The van der Waals surface area contributed by atoms with E-state index in [0.29, 0.717) is 25.0 Å². The maximum absolute atomic E-state index is 11.8. The zero-order valence-electron chi connectivity index (χ0n) is 21.3. The van der Waals surface area contributed by atoms with Gasteiger partial charge in [-0.05, 0) is 25.7 Å². The molecule has 0 aromatic rings. The molecule has 0 unspecified atom stereocenters. The Morgan fingerprint density at radius 3 is 1.67 bits per heavy atom. The summed E-state index contributed by atoms with van der Waals surface area (Å²) in [5.74, 6) is 2.12. The lowest BCUT2D eigenvalue weighted by atomic mass is 10.1. The first-order chi connectivity index (χ1) is 16.1. The fraction of sp³-hybridized carbons (Fsp3) is 0.852. The molecule has 0 bridgehead atoms. The van der Waals surface area contributed by atoms with Crippen LogP contribution in [-0.4, -0.2) is 28.4 Å². The van der Waals surface area contributed by atoms with Gasteiger partial charge in [-0.1, -0.05) is 125 Å². The minimum absolute atomic E-state index is 0.163. The summed E-state index contributed by atoms with van der Waals surface area (Å²) in [7, 11) is 4.13. The Morgan fingerprint density at radius 1 is 0.758 bits per heavy atom. The van der Waals surface area contributed by atoms with E-state index in [-0.39, 0.29) is 11.9 Å². The van der Waals surface area contributed by atoms with E-state index in [2.05, 4.69) is 35.1 Å². The van der Waals surface area contributed by atoms with Crippen molar-refractivity contribution in [2.45, 2.75) is 135 Å². The van der Waals surface area contributed by atoms with E-state index in [4.69, 9.17) is 4.84 Å². The smallest absolute Gasteiger partial charge is 0.333 e. The molecule has 6 heteroatoms. The first-order valence-corrected chi connectivity index (χ1v) is 16.1. The van der Waals surface area contributed by atoms with Crippen molar-refractivity contribution in [3.63, 3.8) is 0 Å². The molecule has 1 amide bonds. The van der Waals surface area contributed by atoms with E-state index in [1.54, 1.807) is 0 Å². The molecule has 1 heterocycles. The van der Waals surface area contributed by atoms with E-state index in [0.717, 1.165) is 17.9 Å². The zero-order valence-corrected chi connectivity index (χ0v) is 22.9. The van der Waals surface area contributed by atoms with E-state index >= 15 is 0 Å². The molecule has 4 nitrogen and oxygen atoms in total. The van der Waals surface area contributed by atoms with Gasteiger partial charge in [-0.15, -0.1) is 5.06 Å². The Balaban J connectivity index is 1.72. The van der Waals surface area contributed by atoms with Crippen molar-refractivity contribution >= 4 is 33.5 Å². The summed E-state index contributed by atoms with van der Waals surface area (Å²) in [5.41, 5.74) is 0.587. The van der Waals surface area contributed by atoms with Crippen LogP contribution < -0.4 is 0 Å². The van der Waals surface area contributed by atoms with Crippen LogP contribution in [0.2, 0.25) is 0 Å². The van der Waals surface area contributed by atoms with E-state index < -0.39 is 0 Å². The van der Waals surface area contributed by atoms with Gasteiger partial charge in [0, 0.05) is 24.3 Å². The van der Waals surface area contributed by atoms with E-state index in [9.17, 15) is 9.59 Å². The summed E-state index contributed by atoms with van der Waals surface area (Å²) in [5, 5.41) is 1.08. The SMILES string of the molecule is C=C1CCC(=O)N1OC(=O)CCCCCCCCCCSSCCCCCCCCCCC. The molecule has 33 heavy (non-hydrogen) atoms. The second-order valence-electron chi connectivity index (χ2n) is 9.27. The van der Waals surface area contributed by atoms with Crippen molar-refractivity contribution in [3.8, 4) is 0 Å². The summed E-state index contributed by atoms with van der Waals surface area (Å²) in [6.45, 7) is 6.04. The molecule has 0 spiro atoms. The normalized spacial score (nSPS) is 13.8. The first-order valence-electron chi connectivity index (χ1n) is 13.6. The molecular weight excluding hydrogens is 450 g/mol. The molecule has 0 saturated carbocycles. The molecule has 0 aromatic carbocycles. The zero-order chi connectivity index (χ0) is 24.0. The van der Waals surface area contributed by atoms with Crippen molar-refractivity contribution in [2.75, 3.05) is 11.5 Å². The third-order valence-electron chi connectivity index (χ3n) is 6.11. The highest BCUT2D eigenvalue weighted by atomic mass is 33.1. The molecule has 1 aliphatic rings. The number of carbonyl (C=O) groups is 2. The van der Waals surface area contributed by atoms with Gasteiger partial charge in [0.15, 0.2) is 0 Å². The van der Waals surface area contributed by atoms with Crippen molar-refractivity contribution in [3.05, 3.63) is 12.3 Å². The third kappa shape index (κ3) is 17.5. The van der Waals surface area contributed by atoms with Gasteiger partial charge < -0.3 is 4.84 Å². The average molecular weight is 500 g/mol. The van der Waals surface area contributed by atoms with Gasteiger partial charge in [-0.2, -0.15) is 0 Å². The van der Waals surface area contributed by atoms with E-state index in [1.165, 1.54) is 108 Å². The van der Waals surface area contributed by atoms with Crippen LogP contribution in [0.5, 0.6) is 0 Å². The Morgan fingerprint density at radius 2 is 1.21 bits per heavy atom. The highest BCUT2D eigenvalue weighted by Crippen LogP contribution is 2.25. The summed E-state index contributed by atoms with van der Waals surface area (Å²) in [4.78, 5) is 28.5. The first kappa shape index (κ1) is 30.4. The van der Waals surface area contributed by atoms with Crippen molar-refractivity contribution in [1.82, 2.24) is 5.06 Å². The van der Waals surface area contributed by atoms with Crippen LogP contribution in [0.25, 0.3) is 0 Å². The van der Waals surface area contributed by atoms with Gasteiger partial charge in [-0.3, -0.25) is 4.79 Å². The second kappa shape index (κ2) is 21.9. The molecule has 0 atom stereocenters. The molecule has 1 saturated heterocycles. The van der Waals surface area contributed by atoms with Gasteiger partial charge in [-0.25, -0.2) is 4.79 Å². The van der Waals surface area contributed by atoms with Crippen LogP contribution in [0.3, 0.4) is 0 Å². The number of carbonyl (C=O) groups excluding carboxylic acids is 2. The predicted octanol–water partition coefficient (Wildman–Crippen LogP) is 9.00. The number of rotatable bonds is 23. The Bertz CT molecular complexity index is 511. The lowest BCUT2D eigenvalue weighted by molar-refractivity contribution is -0.186. The lowest BCUT2D eigenvalue weighted by Gasteiger charge is -2.15. The van der Waals surface area contributed by atoms with Crippen LogP contribution in [-0.2, 0) is 14.4 Å². The Hall–Kier alpha value is -0.620. The Kier molecular flexibility index (Phi) is 20.2. The van der Waals surface area contributed by atoms with Crippen LogP contribution in [0.1, 0.15) is 135 Å². The number of unbranched alkanes of at least 4 members (excludes halogenated alkanes) is 15. The van der Waals surface area contributed by atoms with Crippen molar-refractivity contribution in [2.24, 2.45) is 0 Å². The molecular formula is C27H49NO3S2. The van der Waals surface area contributed by atoms with Crippen LogP contribution >= 0.6 is 21.6 Å². The number of allylic oxidation sites excluding steroid dienone is 1. The van der Waals surface area contributed by atoms with Gasteiger partial charge in [0.05, 0.1) is 5.70 Å². The number of hydrogen-bond donors (Lipinski definition) is 0. The molecule has 192 valence electrons. The second-order valence-corrected chi connectivity index (χ2v) is 12.0. The van der Waals surface area contributed by atoms with Crippen molar-refractivity contribution in [1.29, 1.82) is 0 Å². The number of hydroxylamine groups is 2. The van der Waals surface area contributed by atoms with Gasteiger partial charge in [0.1, 0.15) is 0 Å². The highest BCUT2D eigenvalue weighted by molar-refractivity contribution is 8.76. The molecule has 1 aliphatic heterocycles. The van der Waals surface area contributed by atoms with Crippen LogP contribution in [0.15, 0.2) is 12.3 Å². The Labute approximate surface area is 211 Å². The van der Waals surface area contributed by atoms with Gasteiger partial charge >= 0.3 is 5.97 Å². The molecule has 0 N–H and O–H groups in total. The quantitative estimate of drug-likeness (QED) is 0.104. The fourth-order valence-corrected chi connectivity index (χ4v) is 6.27. The highest BCUT2D eigenvalue weighted by Gasteiger charge is 2.27. The average Bonchev–Trinajstić information content (AvgIpc) is 3.12. The van der Waals surface area contributed by atoms with Gasteiger partial charge in [0.25, 0.3) is 5.91 Å². The topological polar surface area (TPSA) is 46.6 Å². The summed E-state index contributed by atoms with van der Waals surface area (Å²) in [6, 6.07) is 0.